The number of nitrogens with one attached hydrogen (secondary N) is 1. The number of para-hydroxylation sites is 2. The van der Waals surface area contributed by atoms with Crippen LogP contribution in [0.1, 0.15) is 12.3 Å². The third-order valence-electron chi connectivity index (χ3n) is 3.97. The molecule has 9 heteroatoms. The molecular formula is C19H14ClN3O5. The summed E-state index contributed by atoms with van der Waals surface area (Å²) >= 11 is 5.94. The number of fused-ring (bicyclic) bond motifs is 1. The highest BCUT2D eigenvalue weighted by atomic mass is 35.5. The van der Waals surface area contributed by atoms with Crippen molar-refractivity contribution in [3.8, 4) is 17.1 Å². The summed E-state index contributed by atoms with van der Waals surface area (Å²) in [6, 6.07) is 14.0. The van der Waals surface area contributed by atoms with E-state index < -0.39 is 18.0 Å². The Morgan fingerprint density at radius 1 is 1.21 bits per heavy atom. The van der Waals surface area contributed by atoms with Crippen LogP contribution in [0.25, 0.3) is 11.4 Å². The second-order valence-corrected chi connectivity index (χ2v) is 6.42. The number of carbonyl (C=O) groups excluding carboxylic acids is 2. The zero-order chi connectivity index (χ0) is 19.5. The summed E-state index contributed by atoms with van der Waals surface area (Å²) in [5.41, 5.74) is 1.25. The van der Waals surface area contributed by atoms with Gasteiger partial charge in [-0.05, 0) is 24.3 Å². The zero-order valence-corrected chi connectivity index (χ0v) is 15.2. The van der Waals surface area contributed by atoms with Crippen molar-refractivity contribution < 1.29 is 23.6 Å². The van der Waals surface area contributed by atoms with Gasteiger partial charge < -0.3 is 19.3 Å². The molecule has 142 valence electrons. The minimum atomic E-state index is -0.966. The van der Waals surface area contributed by atoms with Gasteiger partial charge in [0.25, 0.3) is 11.8 Å². The van der Waals surface area contributed by atoms with E-state index in [1.165, 1.54) is 0 Å². The second-order valence-electron chi connectivity index (χ2n) is 5.98. The number of hydrogen-bond donors (Lipinski definition) is 1. The molecule has 0 aliphatic carbocycles. The number of aromatic nitrogens is 2. The van der Waals surface area contributed by atoms with Gasteiger partial charge in [0, 0.05) is 10.6 Å². The van der Waals surface area contributed by atoms with E-state index in [1.807, 2.05) is 0 Å². The Kier molecular flexibility index (Phi) is 4.94. The molecule has 4 rings (SSSR count). The van der Waals surface area contributed by atoms with Crippen LogP contribution in [0.3, 0.4) is 0 Å². The molecule has 0 saturated heterocycles. The molecule has 8 nitrogen and oxygen atoms in total. The van der Waals surface area contributed by atoms with Crippen LogP contribution in [-0.4, -0.2) is 28.1 Å². The summed E-state index contributed by atoms with van der Waals surface area (Å²) in [6.07, 6.45) is -1.21. The molecule has 28 heavy (non-hydrogen) atoms. The molecule has 1 aromatic heterocycles. The first kappa shape index (κ1) is 18.0. The SMILES string of the molecule is O=C(C[C@H]1Oc2ccccc2NC1=O)OCc1nc(-c2cccc(Cl)c2)no1. The lowest BCUT2D eigenvalue weighted by molar-refractivity contribution is -0.149. The van der Waals surface area contributed by atoms with Crippen molar-refractivity contribution in [2.75, 3.05) is 5.32 Å². The first-order valence-corrected chi connectivity index (χ1v) is 8.77. The second kappa shape index (κ2) is 7.69. The minimum Gasteiger partial charge on any atom is -0.478 e. The largest absolute Gasteiger partial charge is 0.478 e. The fraction of sp³-hybridized carbons (Fsp3) is 0.158. The normalized spacial score (nSPS) is 15.3. The van der Waals surface area contributed by atoms with Crippen LogP contribution < -0.4 is 10.1 Å². The van der Waals surface area contributed by atoms with E-state index in [0.717, 1.165) is 0 Å². The van der Waals surface area contributed by atoms with E-state index in [0.29, 0.717) is 27.8 Å². The fourth-order valence-corrected chi connectivity index (χ4v) is 2.83. The molecule has 2 aromatic carbocycles. The molecule has 0 fully saturated rings. The number of hydrogen-bond acceptors (Lipinski definition) is 7. The summed E-state index contributed by atoms with van der Waals surface area (Å²) in [6.45, 7) is -0.211. The highest BCUT2D eigenvalue weighted by Gasteiger charge is 2.30. The van der Waals surface area contributed by atoms with Crippen LogP contribution in [-0.2, 0) is 20.9 Å². The fourth-order valence-electron chi connectivity index (χ4n) is 2.64. The van der Waals surface area contributed by atoms with Crippen molar-refractivity contribution in [1.29, 1.82) is 0 Å². The van der Waals surface area contributed by atoms with Crippen LogP contribution >= 0.6 is 11.6 Å². The maximum Gasteiger partial charge on any atom is 0.310 e. The average molecular weight is 400 g/mol. The molecule has 1 atom stereocenters. The van der Waals surface area contributed by atoms with Gasteiger partial charge in [0.1, 0.15) is 5.75 Å². The molecule has 2 heterocycles. The Labute approximate surface area is 164 Å². The number of nitrogens with zero attached hydrogens (tertiary/aromatic N) is 2. The standard InChI is InChI=1S/C19H14ClN3O5/c20-12-5-3-4-11(8-12)18-22-16(28-23-18)10-26-17(24)9-15-19(25)21-13-6-1-2-7-14(13)27-15/h1-8,15H,9-10H2,(H,21,25)/t15-/m1/s1. The highest BCUT2D eigenvalue weighted by Crippen LogP contribution is 2.29. The quantitative estimate of drug-likeness (QED) is 0.657. The highest BCUT2D eigenvalue weighted by molar-refractivity contribution is 6.30. The number of ether oxygens (including phenoxy) is 2. The van der Waals surface area contributed by atoms with E-state index in [1.54, 1.807) is 48.5 Å². The summed E-state index contributed by atoms with van der Waals surface area (Å²) in [5, 5.41) is 7.07. The number of halogens is 1. The molecule has 1 N–H and O–H groups in total. The maximum absolute atomic E-state index is 12.1. The first-order valence-electron chi connectivity index (χ1n) is 8.39. The number of rotatable bonds is 5. The molecule has 0 radical (unpaired) electrons. The van der Waals surface area contributed by atoms with Crippen molar-refractivity contribution in [3.05, 3.63) is 59.4 Å². The lowest BCUT2D eigenvalue weighted by Gasteiger charge is -2.24. The van der Waals surface area contributed by atoms with Gasteiger partial charge in [-0.15, -0.1) is 0 Å². The van der Waals surface area contributed by atoms with Crippen molar-refractivity contribution in [2.24, 2.45) is 0 Å². The molecule has 3 aromatic rings. The van der Waals surface area contributed by atoms with Crippen molar-refractivity contribution in [2.45, 2.75) is 19.1 Å². The maximum atomic E-state index is 12.1. The molecule has 1 aliphatic heterocycles. The molecule has 0 saturated carbocycles. The van der Waals surface area contributed by atoms with Gasteiger partial charge in [-0.2, -0.15) is 4.98 Å². The van der Waals surface area contributed by atoms with Crippen LogP contribution in [0.5, 0.6) is 5.75 Å². The van der Waals surface area contributed by atoms with E-state index in [4.69, 9.17) is 25.6 Å². The minimum absolute atomic E-state index is 0.127. The number of carbonyl (C=O) groups is 2. The van der Waals surface area contributed by atoms with E-state index in [9.17, 15) is 9.59 Å². The van der Waals surface area contributed by atoms with Gasteiger partial charge >= 0.3 is 5.97 Å². The number of anilines is 1. The molecule has 1 aliphatic rings. The summed E-state index contributed by atoms with van der Waals surface area (Å²) in [7, 11) is 0. The Balaban J connectivity index is 1.33. The topological polar surface area (TPSA) is 104 Å². The average Bonchev–Trinajstić information content (AvgIpc) is 3.16. The van der Waals surface area contributed by atoms with E-state index in [2.05, 4.69) is 15.5 Å². The lowest BCUT2D eigenvalue weighted by Crippen LogP contribution is -2.38. The molecule has 1 amide bonds. The molecule has 0 spiro atoms. The van der Waals surface area contributed by atoms with Gasteiger partial charge in [-0.25, -0.2) is 0 Å². The van der Waals surface area contributed by atoms with Crippen LogP contribution in [0.4, 0.5) is 5.69 Å². The number of benzene rings is 2. The monoisotopic (exact) mass is 399 g/mol. The van der Waals surface area contributed by atoms with Gasteiger partial charge in [0.2, 0.25) is 5.82 Å². The van der Waals surface area contributed by atoms with Gasteiger partial charge in [0.05, 0.1) is 12.1 Å². The van der Waals surface area contributed by atoms with Crippen LogP contribution in [0, 0.1) is 0 Å². The number of amides is 1. The smallest absolute Gasteiger partial charge is 0.310 e. The van der Waals surface area contributed by atoms with Gasteiger partial charge in [-0.3, -0.25) is 9.59 Å². The summed E-state index contributed by atoms with van der Waals surface area (Å²) in [4.78, 5) is 28.3. The molecular weight excluding hydrogens is 386 g/mol. The van der Waals surface area contributed by atoms with Crippen molar-refractivity contribution >= 4 is 29.2 Å². The summed E-state index contributed by atoms with van der Waals surface area (Å²) in [5.74, 6) is -0.0653. The van der Waals surface area contributed by atoms with Crippen molar-refractivity contribution in [1.82, 2.24) is 10.1 Å². The predicted octanol–water partition coefficient (Wildman–Crippen LogP) is 3.22. The van der Waals surface area contributed by atoms with Crippen molar-refractivity contribution in [3.63, 3.8) is 0 Å². The van der Waals surface area contributed by atoms with Crippen LogP contribution in [0.15, 0.2) is 53.1 Å². The Morgan fingerprint density at radius 3 is 2.93 bits per heavy atom. The Morgan fingerprint density at radius 2 is 2.07 bits per heavy atom. The van der Waals surface area contributed by atoms with Gasteiger partial charge in [0.15, 0.2) is 12.7 Å². The van der Waals surface area contributed by atoms with E-state index >= 15 is 0 Å². The third-order valence-corrected chi connectivity index (χ3v) is 4.20. The first-order chi connectivity index (χ1) is 13.6. The van der Waals surface area contributed by atoms with Gasteiger partial charge in [-0.1, -0.05) is 41.0 Å². The lowest BCUT2D eigenvalue weighted by atomic mass is 10.1. The summed E-state index contributed by atoms with van der Waals surface area (Å²) < 4.78 is 15.8. The number of esters is 1. The Hall–Kier alpha value is -3.39. The predicted molar refractivity (Wildman–Crippen MR) is 98.6 cm³/mol. The molecule has 0 bridgehead atoms. The Bertz CT molecular complexity index is 1040. The molecule has 0 unspecified atom stereocenters. The zero-order valence-electron chi connectivity index (χ0n) is 14.4. The van der Waals surface area contributed by atoms with E-state index in [-0.39, 0.29) is 18.9 Å². The third kappa shape index (κ3) is 3.96. The van der Waals surface area contributed by atoms with Crippen LogP contribution in [0.2, 0.25) is 5.02 Å².